The molecule has 0 unspecified atom stereocenters. The minimum absolute atomic E-state index is 0.0719. The molecule has 0 radical (unpaired) electrons. The number of nitrogens with zero attached hydrogens (tertiary/aromatic N) is 3. The van der Waals surface area contributed by atoms with Crippen LogP contribution in [0.5, 0.6) is 5.75 Å². The smallest absolute Gasteiger partial charge is 0.401 e. The summed E-state index contributed by atoms with van der Waals surface area (Å²) >= 11 is 0. The van der Waals surface area contributed by atoms with Gasteiger partial charge in [-0.3, -0.25) is 9.88 Å². The molecule has 2 heterocycles. The maximum Gasteiger partial charge on any atom is 0.401 e. The number of halogens is 3. The summed E-state index contributed by atoms with van der Waals surface area (Å²) in [6.45, 7) is 3.35. The second-order valence-corrected chi connectivity index (χ2v) is 8.53. The number of allylic oxidation sites excluding steroid dienone is 2. The monoisotopic (exact) mass is 503 g/mol. The predicted molar refractivity (Wildman–Crippen MR) is 127 cm³/mol. The Bertz CT molecular complexity index is 1380. The van der Waals surface area contributed by atoms with Gasteiger partial charge >= 0.3 is 12.2 Å². The van der Waals surface area contributed by atoms with E-state index in [-0.39, 0.29) is 31.0 Å². The van der Waals surface area contributed by atoms with Crippen molar-refractivity contribution in [3.63, 3.8) is 0 Å². The first-order valence-electron chi connectivity index (χ1n) is 11.0. The van der Waals surface area contributed by atoms with Crippen LogP contribution >= 0.6 is 0 Å². The number of hydrogen-bond donors (Lipinski definition) is 3. The molecule has 12 heteroatoms. The zero-order chi connectivity index (χ0) is 26.1. The van der Waals surface area contributed by atoms with Crippen molar-refractivity contribution in [1.29, 1.82) is 0 Å². The quantitative estimate of drug-likeness (QED) is 0.183. The molecule has 1 saturated carbocycles. The fourth-order valence-corrected chi connectivity index (χ4v) is 3.66. The number of nitrogens with one attached hydrogen (secondary N) is 1. The number of benzene rings is 1. The summed E-state index contributed by atoms with van der Waals surface area (Å²) in [5.41, 5.74) is 4.96. The van der Waals surface area contributed by atoms with E-state index in [0.29, 0.717) is 28.1 Å². The van der Waals surface area contributed by atoms with Gasteiger partial charge in [0, 0.05) is 23.7 Å². The summed E-state index contributed by atoms with van der Waals surface area (Å²) < 4.78 is 52.1. The van der Waals surface area contributed by atoms with Crippen molar-refractivity contribution in [3.8, 4) is 5.75 Å². The fraction of sp³-hybridized carbons (Fsp3) is 0.292. The molecule has 1 aliphatic rings. The number of ether oxygens (including phenoxy) is 1. The Morgan fingerprint density at radius 3 is 2.69 bits per heavy atom. The molecule has 4 N–H and O–H groups in total. The van der Waals surface area contributed by atoms with Gasteiger partial charge in [-0.2, -0.15) is 13.2 Å². The topological polar surface area (TPSA) is 128 Å². The van der Waals surface area contributed by atoms with Crippen LogP contribution < -0.4 is 15.8 Å². The Labute approximate surface area is 203 Å². The number of aliphatic imine (C=N–C) groups is 1. The van der Waals surface area contributed by atoms with Crippen molar-refractivity contribution >= 4 is 29.1 Å². The number of alkyl halides is 3. The van der Waals surface area contributed by atoms with Crippen LogP contribution in [-0.4, -0.2) is 40.0 Å². The SMILES string of the molecule is CC(C)=C(/C=C(CO)\N=C/N)Oc1ccc2c(ccn2C(=O)Nc2cc(C3(C(F)(F)F)CC3)on2)c1. The van der Waals surface area contributed by atoms with Crippen LogP contribution in [0.3, 0.4) is 0 Å². The number of aliphatic hydroxyl groups excluding tert-OH is 1. The maximum absolute atomic E-state index is 13.3. The van der Waals surface area contributed by atoms with E-state index in [4.69, 9.17) is 15.0 Å². The molecular formula is C24H24F3N5O4. The number of rotatable bonds is 7. The minimum atomic E-state index is -4.44. The highest BCUT2D eigenvalue weighted by Crippen LogP contribution is 2.59. The highest BCUT2D eigenvalue weighted by molar-refractivity contribution is 5.98. The standard InChI is InChI=1S/C24H24F3N5O4/c1-14(2)19(10-16(12-33)29-13-28)35-17-3-4-18-15(9-17)5-8-32(18)22(34)30-21-11-20(36-31-21)23(6-7-23)24(25,26)27/h3-5,8-11,13,33H,6-7,12H2,1-2H3,(H2,28,29)(H,30,31,34)/b16-10-. The number of amides is 1. The molecule has 0 bridgehead atoms. The van der Waals surface area contributed by atoms with Gasteiger partial charge in [-0.25, -0.2) is 9.79 Å². The number of carbonyl (C=O) groups excluding carboxylic acids is 1. The predicted octanol–water partition coefficient (Wildman–Crippen LogP) is 4.84. The van der Waals surface area contributed by atoms with Gasteiger partial charge in [-0.1, -0.05) is 5.16 Å². The molecule has 3 aromatic rings. The second kappa shape index (κ2) is 9.53. The summed E-state index contributed by atoms with van der Waals surface area (Å²) in [6, 6.07) is 7.22. The molecule has 0 atom stereocenters. The molecular weight excluding hydrogens is 479 g/mol. The van der Waals surface area contributed by atoms with Crippen molar-refractivity contribution < 1.29 is 32.3 Å². The molecule has 4 rings (SSSR count). The van der Waals surface area contributed by atoms with E-state index in [9.17, 15) is 23.1 Å². The third kappa shape index (κ3) is 4.85. The highest BCUT2D eigenvalue weighted by atomic mass is 19.4. The Morgan fingerprint density at radius 1 is 1.33 bits per heavy atom. The van der Waals surface area contributed by atoms with E-state index < -0.39 is 17.6 Å². The maximum atomic E-state index is 13.3. The molecule has 1 fully saturated rings. The van der Waals surface area contributed by atoms with Crippen LogP contribution in [0.4, 0.5) is 23.8 Å². The van der Waals surface area contributed by atoms with Gasteiger partial charge in [-0.15, -0.1) is 0 Å². The lowest BCUT2D eigenvalue weighted by molar-refractivity contribution is -0.165. The van der Waals surface area contributed by atoms with Crippen LogP contribution in [0.25, 0.3) is 10.9 Å². The average Bonchev–Trinajstić information content (AvgIpc) is 3.35. The van der Waals surface area contributed by atoms with Gasteiger partial charge in [0.05, 0.1) is 24.2 Å². The van der Waals surface area contributed by atoms with Crippen LogP contribution in [-0.2, 0) is 5.41 Å². The van der Waals surface area contributed by atoms with E-state index in [1.54, 1.807) is 30.3 Å². The van der Waals surface area contributed by atoms with Crippen LogP contribution in [0, 0.1) is 0 Å². The van der Waals surface area contributed by atoms with Crippen LogP contribution in [0.15, 0.2) is 69.1 Å². The molecule has 1 aromatic carbocycles. The molecule has 0 spiro atoms. The first-order valence-corrected chi connectivity index (χ1v) is 11.0. The lowest BCUT2D eigenvalue weighted by atomic mass is 10.0. The van der Waals surface area contributed by atoms with Crippen LogP contribution in [0.2, 0.25) is 0 Å². The van der Waals surface area contributed by atoms with E-state index in [2.05, 4.69) is 15.5 Å². The Kier molecular flexibility index (Phi) is 6.63. The summed E-state index contributed by atoms with van der Waals surface area (Å²) in [7, 11) is 0. The van der Waals surface area contributed by atoms with Crippen molar-refractivity contribution in [2.75, 3.05) is 11.9 Å². The molecule has 190 valence electrons. The molecule has 2 aromatic heterocycles. The van der Waals surface area contributed by atoms with Gasteiger partial charge in [0.2, 0.25) is 0 Å². The van der Waals surface area contributed by atoms with Gasteiger partial charge in [0.1, 0.15) is 16.9 Å². The molecule has 1 aliphatic carbocycles. The van der Waals surface area contributed by atoms with Gasteiger partial charge in [-0.05, 0) is 56.5 Å². The normalized spacial score (nSPS) is 15.3. The van der Waals surface area contributed by atoms with E-state index in [0.717, 1.165) is 18.0 Å². The number of nitrogens with two attached hydrogens (primary N) is 1. The number of carbonyl (C=O) groups is 1. The third-order valence-electron chi connectivity index (χ3n) is 5.81. The first kappa shape index (κ1) is 25.0. The van der Waals surface area contributed by atoms with Gasteiger partial charge < -0.3 is 20.1 Å². The summed E-state index contributed by atoms with van der Waals surface area (Å²) in [4.78, 5) is 16.7. The van der Waals surface area contributed by atoms with E-state index in [1.807, 2.05) is 13.8 Å². The van der Waals surface area contributed by atoms with Crippen molar-refractivity contribution in [2.45, 2.75) is 38.3 Å². The number of anilines is 1. The molecule has 0 saturated heterocycles. The molecule has 9 nitrogen and oxygen atoms in total. The molecule has 36 heavy (non-hydrogen) atoms. The lowest BCUT2D eigenvalue weighted by Crippen LogP contribution is -2.28. The Hall–Kier alpha value is -4.06. The molecule has 0 aliphatic heterocycles. The number of aliphatic hydroxyl groups is 1. The Morgan fingerprint density at radius 2 is 2.08 bits per heavy atom. The Balaban J connectivity index is 1.52. The fourth-order valence-electron chi connectivity index (χ4n) is 3.66. The average molecular weight is 503 g/mol. The van der Waals surface area contributed by atoms with Crippen molar-refractivity contribution in [2.24, 2.45) is 10.7 Å². The molecule has 1 amide bonds. The third-order valence-corrected chi connectivity index (χ3v) is 5.81. The van der Waals surface area contributed by atoms with Crippen LogP contribution in [0.1, 0.15) is 32.4 Å². The summed E-state index contributed by atoms with van der Waals surface area (Å²) in [5.74, 6) is 0.530. The largest absolute Gasteiger partial charge is 0.457 e. The van der Waals surface area contributed by atoms with Gasteiger partial charge in [0.15, 0.2) is 11.6 Å². The number of aromatic nitrogens is 2. The highest BCUT2D eigenvalue weighted by Gasteiger charge is 2.66. The first-order chi connectivity index (χ1) is 17.1. The lowest BCUT2D eigenvalue weighted by Gasteiger charge is -2.14. The second-order valence-electron chi connectivity index (χ2n) is 8.53. The van der Waals surface area contributed by atoms with E-state index >= 15 is 0 Å². The zero-order valence-corrected chi connectivity index (χ0v) is 19.5. The number of hydrogen-bond acceptors (Lipinski definition) is 6. The summed E-state index contributed by atoms with van der Waals surface area (Å²) in [6.07, 6.45) is -0.426. The number of fused-ring (bicyclic) bond motifs is 1. The van der Waals surface area contributed by atoms with Crippen molar-refractivity contribution in [1.82, 2.24) is 9.72 Å². The minimum Gasteiger partial charge on any atom is -0.457 e. The van der Waals surface area contributed by atoms with Crippen molar-refractivity contribution in [3.05, 3.63) is 65.4 Å². The summed E-state index contributed by atoms with van der Waals surface area (Å²) in [5, 5.41) is 16.2. The van der Waals surface area contributed by atoms with E-state index in [1.165, 1.54) is 10.8 Å². The van der Waals surface area contributed by atoms with Gasteiger partial charge in [0.25, 0.3) is 0 Å². The zero-order valence-electron chi connectivity index (χ0n) is 19.5.